The Morgan fingerprint density at radius 1 is 1.17 bits per heavy atom. The molecule has 1 amide bonds. The van der Waals surface area contributed by atoms with E-state index in [9.17, 15) is 4.79 Å². The minimum absolute atomic E-state index is 0.000135. The summed E-state index contributed by atoms with van der Waals surface area (Å²) in [4.78, 5) is 14.7. The van der Waals surface area contributed by atoms with E-state index in [0.717, 1.165) is 30.4 Å². The van der Waals surface area contributed by atoms with Gasteiger partial charge in [-0.05, 0) is 39.0 Å². The van der Waals surface area contributed by atoms with Crippen LogP contribution in [0.4, 0.5) is 0 Å². The van der Waals surface area contributed by atoms with Gasteiger partial charge in [-0.3, -0.25) is 9.69 Å². The molecule has 1 aliphatic heterocycles. The van der Waals surface area contributed by atoms with Crippen LogP contribution in [-0.2, 0) is 4.74 Å². The highest BCUT2D eigenvalue weighted by atomic mass is 16.5. The third-order valence-electron chi connectivity index (χ3n) is 4.32. The second kappa shape index (κ2) is 7.23. The van der Waals surface area contributed by atoms with Crippen molar-refractivity contribution < 1.29 is 18.4 Å². The lowest BCUT2D eigenvalue weighted by atomic mass is 10.1. The Kier molecular flexibility index (Phi) is 5.06. The number of nitrogens with one attached hydrogen (secondary N) is 1. The Morgan fingerprint density at radius 2 is 1.92 bits per heavy atom. The van der Waals surface area contributed by atoms with E-state index in [1.54, 1.807) is 13.0 Å². The first kappa shape index (κ1) is 16.8. The van der Waals surface area contributed by atoms with E-state index < -0.39 is 0 Å². The van der Waals surface area contributed by atoms with Crippen LogP contribution < -0.4 is 5.32 Å². The SMILES string of the molecule is Cc1ccc(C(CNC(=O)c2cc(C)oc2C)N2CCOCC2)o1. The molecule has 0 spiro atoms. The molecule has 1 atom stereocenters. The number of aryl methyl sites for hydroxylation is 3. The topological polar surface area (TPSA) is 67.9 Å². The number of rotatable bonds is 5. The van der Waals surface area contributed by atoms with Crippen LogP contribution in [0.2, 0.25) is 0 Å². The number of morpholine rings is 1. The summed E-state index contributed by atoms with van der Waals surface area (Å²) in [6, 6.07) is 5.70. The largest absolute Gasteiger partial charge is 0.466 e. The average molecular weight is 332 g/mol. The maximum atomic E-state index is 12.5. The molecule has 3 heterocycles. The van der Waals surface area contributed by atoms with Crippen molar-refractivity contribution >= 4 is 5.91 Å². The van der Waals surface area contributed by atoms with Gasteiger partial charge in [0.1, 0.15) is 23.0 Å². The third-order valence-corrected chi connectivity index (χ3v) is 4.32. The molecule has 130 valence electrons. The molecule has 0 saturated carbocycles. The smallest absolute Gasteiger partial charge is 0.254 e. The van der Waals surface area contributed by atoms with E-state index in [4.69, 9.17) is 13.6 Å². The van der Waals surface area contributed by atoms with E-state index in [2.05, 4.69) is 10.2 Å². The molecule has 2 aromatic rings. The fraction of sp³-hybridized carbons (Fsp3) is 0.500. The number of hydrogen-bond donors (Lipinski definition) is 1. The van der Waals surface area contributed by atoms with Crippen LogP contribution in [0.1, 0.15) is 39.4 Å². The molecule has 0 aromatic carbocycles. The van der Waals surface area contributed by atoms with Crippen LogP contribution in [0, 0.1) is 20.8 Å². The maximum absolute atomic E-state index is 12.5. The molecule has 2 aromatic heterocycles. The van der Waals surface area contributed by atoms with Gasteiger partial charge >= 0.3 is 0 Å². The standard InChI is InChI=1S/C18H24N2O4/c1-12-4-5-17(24-12)16(20-6-8-22-9-7-20)11-19-18(21)15-10-13(2)23-14(15)3/h4-5,10,16H,6-9,11H2,1-3H3,(H,19,21). The summed E-state index contributed by atoms with van der Waals surface area (Å²) in [7, 11) is 0. The van der Waals surface area contributed by atoms with E-state index in [1.807, 2.05) is 26.0 Å². The third kappa shape index (κ3) is 3.71. The van der Waals surface area contributed by atoms with Crippen LogP contribution in [0.5, 0.6) is 0 Å². The van der Waals surface area contributed by atoms with Gasteiger partial charge in [0.2, 0.25) is 0 Å². The first-order valence-electron chi connectivity index (χ1n) is 8.28. The van der Waals surface area contributed by atoms with Gasteiger partial charge in [0, 0.05) is 19.6 Å². The van der Waals surface area contributed by atoms with Crippen molar-refractivity contribution in [3.05, 3.63) is 46.8 Å². The minimum Gasteiger partial charge on any atom is -0.466 e. The summed E-state index contributed by atoms with van der Waals surface area (Å²) in [6.45, 7) is 9.09. The maximum Gasteiger partial charge on any atom is 0.254 e. The lowest BCUT2D eigenvalue weighted by Gasteiger charge is -2.33. The Bertz CT molecular complexity index is 698. The molecule has 1 saturated heterocycles. The number of hydrogen-bond acceptors (Lipinski definition) is 5. The lowest BCUT2D eigenvalue weighted by molar-refractivity contribution is 0.0117. The highest BCUT2D eigenvalue weighted by Gasteiger charge is 2.26. The van der Waals surface area contributed by atoms with Crippen molar-refractivity contribution in [2.75, 3.05) is 32.8 Å². The zero-order valence-corrected chi connectivity index (χ0v) is 14.4. The zero-order chi connectivity index (χ0) is 17.1. The van der Waals surface area contributed by atoms with Crippen LogP contribution in [0.15, 0.2) is 27.0 Å². The zero-order valence-electron chi connectivity index (χ0n) is 14.4. The van der Waals surface area contributed by atoms with Crippen LogP contribution in [0.3, 0.4) is 0 Å². The molecule has 0 bridgehead atoms. The fourth-order valence-corrected chi connectivity index (χ4v) is 3.07. The van der Waals surface area contributed by atoms with Crippen LogP contribution >= 0.6 is 0 Å². The Labute approximate surface area is 141 Å². The van der Waals surface area contributed by atoms with Crippen molar-refractivity contribution in [1.82, 2.24) is 10.2 Å². The molecule has 6 nitrogen and oxygen atoms in total. The van der Waals surface area contributed by atoms with Gasteiger partial charge in [-0.2, -0.15) is 0 Å². The van der Waals surface area contributed by atoms with Gasteiger partial charge in [0.05, 0.1) is 24.8 Å². The van der Waals surface area contributed by atoms with E-state index in [-0.39, 0.29) is 11.9 Å². The highest BCUT2D eigenvalue weighted by molar-refractivity contribution is 5.95. The Morgan fingerprint density at radius 3 is 2.50 bits per heavy atom. The normalized spacial score (nSPS) is 17.0. The van der Waals surface area contributed by atoms with Gasteiger partial charge in [-0.1, -0.05) is 0 Å². The van der Waals surface area contributed by atoms with Crippen LogP contribution in [-0.4, -0.2) is 43.7 Å². The summed E-state index contributed by atoms with van der Waals surface area (Å²) in [6.07, 6.45) is 0. The Balaban J connectivity index is 1.71. The molecule has 1 fully saturated rings. The molecule has 1 N–H and O–H groups in total. The van der Waals surface area contributed by atoms with Gasteiger partial charge < -0.3 is 18.9 Å². The summed E-state index contributed by atoms with van der Waals surface area (Å²) in [5.41, 5.74) is 0.587. The molecule has 0 radical (unpaired) electrons. The minimum atomic E-state index is -0.120. The molecule has 1 aliphatic rings. The summed E-state index contributed by atoms with van der Waals surface area (Å²) < 4.78 is 16.7. The number of carbonyl (C=O) groups is 1. The first-order valence-corrected chi connectivity index (χ1v) is 8.28. The molecule has 3 rings (SSSR count). The molecule has 6 heteroatoms. The van der Waals surface area contributed by atoms with Crippen LogP contribution in [0.25, 0.3) is 0 Å². The predicted octanol–water partition coefficient (Wildman–Crippen LogP) is 2.60. The van der Waals surface area contributed by atoms with Gasteiger partial charge in [0.15, 0.2) is 0 Å². The number of amides is 1. The number of carbonyl (C=O) groups excluding carboxylic acids is 1. The molecular formula is C18H24N2O4. The van der Waals surface area contributed by atoms with Gasteiger partial charge in [0.25, 0.3) is 5.91 Å². The average Bonchev–Trinajstić information content (AvgIpc) is 3.14. The Hall–Kier alpha value is -2.05. The van der Waals surface area contributed by atoms with Crippen molar-refractivity contribution in [2.24, 2.45) is 0 Å². The number of ether oxygens (including phenoxy) is 1. The molecule has 0 aliphatic carbocycles. The molecule has 1 unspecified atom stereocenters. The number of furan rings is 2. The number of nitrogens with zero attached hydrogens (tertiary/aromatic N) is 1. The predicted molar refractivity (Wildman–Crippen MR) is 89.1 cm³/mol. The summed E-state index contributed by atoms with van der Waals surface area (Å²) >= 11 is 0. The quantitative estimate of drug-likeness (QED) is 0.911. The second-order valence-corrected chi connectivity index (χ2v) is 6.15. The van der Waals surface area contributed by atoms with Gasteiger partial charge in [-0.25, -0.2) is 0 Å². The molecule has 24 heavy (non-hydrogen) atoms. The van der Waals surface area contributed by atoms with Gasteiger partial charge in [-0.15, -0.1) is 0 Å². The van der Waals surface area contributed by atoms with E-state index in [1.165, 1.54) is 0 Å². The van der Waals surface area contributed by atoms with Crippen molar-refractivity contribution in [2.45, 2.75) is 26.8 Å². The second-order valence-electron chi connectivity index (χ2n) is 6.15. The van der Waals surface area contributed by atoms with Crippen molar-refractivity contribution in [1.29, 1.82) is 0 Å². The fourth-order valence-electron chi connectivity index (χ4n) is 3.07. The highest BCUT2D eigenvalue weighted by Crippen LogP contribution is 2.23. The monoisotopic (exact) mass is 332 g/mol. The molecular weight excluding hydrogens is 308 g/mol. The summed E-state index contributed by atoms with van der Waals surface area (Å²) in [5.74, 6) is 3.00. The van der Waals surface area contributed by atoms with Crippen molar-refractivity contribution in [3.63, 3.8) is 0 Å². The first-order chi connectivity index (χ1) is 11.5. The van der Waals surface area contributed by atoms with E-state index >= 15 is 0 Å². The van der Waals surface area contributed by atoms with Crippen molar-refractivity contribution in [3.8, 4) is 0 Å². The lowest BCUT2D eigenvalue weighted by Crippen LogP contribution is -2.43. The van der Waals surface area contributed by atoms with E-state index in [0.29, 0.717) is 31.1 Å². The summed E-state index contributed by atoms with van der Waals surface area (Å²) in [5, 5.41) is 3.02.